The van der Waals surface area contributed by atoms with Gasteiger partial charge in [0.05, 0.1) is 18.5 Å². The van der Waals surface area contributed by atoms with Crippen LogP contribution in [0.4, 0.5) is 8.78 Å². The lowest BCUT2D eigenvalue weighted by Gasteiger charge is -2.39. The molecule has 3 heterocycles. The molecule has 0 saturated carbocycles. The summed E-state index contributed by atoms with van der Waals surface area (Å²) in [5.41, 5.74) is -1.83. The van der Waals surface area contributed by atoms with Crippen LogP contribution in [-0.4, -0.2) is 68.7 Å². The average Bonchev–Trinajstić information content (AvgIpc) is 2.86. The third-order valence-corrected chi connectivity index (χ3v) is 6.05. The normalized spacial score (nSPS) is 24.7. The van der Waals surface area contributed by atoms with Gasteiger partial charge in [0.25, 0.3) is 12.0 Å². The summed E-state index contributed by atoms with van der Waals surface area (Å²) in [4.78, 5) is 31.4. The number of hydrogen-bond donors (Lipinski definition) is 1. The van der Waals surface area contributed by atoms with Crippen LogP contribution < -0.4 is 5.56 Å². The summed E-state index contributed by atoms with van der Waals surface area (Å²) in [5.74, 6) is 0.265. The lowest BCUT2D eigenvalue weighted by Crippen LogP contribution is -2.52. The molecule has 1 amide bonds. The van der Waals surface area contributed by atoms with Gasteiger partial charge in [-0.15, -0.1) is 0 Å². The van der Waals surface area contributed by atoms with Gasteiger partial charge in [-0.1, -0.05) is 0 Å². The van der Waals surface area contributed by atoms with E-state index in [2.05, 4.69) is 9.88 Å². The Morgan fingerprint density at radius 1 is 1.31 bits per heavy atom. The van der Waals surface area contributed by atoms with Crippen molar-refractivity contribution in [2.45, 2.75) is 57.6 Å². The SMILES string of the molecule is CC(=O)N1CCCCC(O)(CN2CCC(Cn3cnc(C(F)F)cc3=O)CC2)C1. The number of nitrogens with zero attached hydrogens (tertiary/aromatic N) is 4. The third-order valence-electron chi connectivity index (χ3n) is 6.05. The molecule has 0 bridgehead atoms. The smallest absolute Gasteiger partial charge is 0.280 e. The first-order valence-corrected chi connectivity index (χ1v) is 10.3. The Hall–Kier alpha value is -1.87. The van der Waals surface area contributed by atoms with Crippen LogP contribution >= 0.6 is 0 Å². The summed E-state index contributed by atoms with van der Waals surface area (Å²) in [7, 11) is 0. The van der Waals surface area contributed by atoms with Crippen LogP contribution in [0.25, 0.3) is 0 Å². The van der Waals surface area contributed by atoms with E-state index in [1.807, 2.05) is 0 Å². The largest absolute Gasteiger partial charge is 0.387 e. The minimum Gasteiger partial charge on any atom is -0.387 e. The number of carbonyl (C=O) groups excluding carboxylic acids is 1. The van der Waals surface area contributed by atoms with Crippen molar-refractivity contribution in [2.24, 2.45) is 5.92 Å². The fraction of sp³-hybridized carbons (Fsp3) is 0.750. The number of rotatable bonds is 5. The Morgan fingerprint density at radius 3 is 2.66 bits per heavy atom. The van der Waals surface area contributed by atoms with Crippen LogP contribution in [0.15, 0.2) is 17.2 Å². The minimum atomic E-state index is -2.74. The summed E-state index contributed by atoms with van der Waals surface area (Å²) >= 11 is 0. The van der Waals surface area contributed by atoms with Gasteiger partial charge in [-0.2, -0.15) is 0 Å². The molecule has 3 rings (SSSR count). The van der Waals surface area contributed by atoms with E-state index in [0.29, 0.717) is 32.6 Å². The Bertz CT molecular complexity index is 764. The molecule has 162 valence electrons. The van der Waals surface area contributed by atoms with E-state index in [0.717, 1.165) is 44.8 Å². The van der Waals surface area contributed by atoms with E-state index < -0.39 is 23.3 Å². The van der Waals surface area contributed by atoms with Crippen LogP contribution in [0, 0.1) is 5.92 Å². The van der Waals surface area contributed by atoms with Gasteiger partial charge in [-0.25, -0.2) is 13.8 Å². The predicted molar refractivity (Wildman–Crippen MR) is 104 cm³/mol. The zero-order valence-electron chi connectivity index (χ0n) is 16.9. The Labute approximate surface area is 169 Å². The van der Waals surface area contributed by atoms with Crippen molar-refractivity contribution in [3.63, 3.8) is 0 Å². The number of β-amino-alcohol motifs (C(OH)–C–C–N with tert-alkyl or cyclic N) is 1. The Morgan fingerprint density at radius 2 is 2.03 bits per heavy atom. The first-order chi connectivity index (χ1) is 13.8. The van der Waals surface area contributed by atoms with E-state index in [1.165, 1.54) is 10.9 Å². The molecular weight excluding hydrogens is 382 g/mol. The van der Waals surface area contributed by atoms with Gasteiger partial charge in [-0.3, -0.25) is 14.2 Å². The van der Waals surface area contributed by atoms with Gasteiger partial charge in [0.15, 0.2) is 0 Å². The van der Waals surface area contributed by atoms with Gasteiger partial charge in [0, 0.05) is 32.6 Å². The Balaban J connectivity index is 1.52. The monoisotopic (exact) mass is 412 g/mol. The zero-order valence-corrected chi connectivity index (χ0v) is 16.9. The van der Waals surface area contributed by atoms with Gasteiger partial charge in [0.1, 0.15) is 5.69 Å². The topological polar surface area (TPSA) is 78.7 Å². The minimum absolute atomic E-state index is 0.000875. The molecular formula is C20H30F2N4O3. The molecule has 0 aromatic carbocycles. The van der Waals surface area contributed by atoms with Crippen LogP contribution in [0.3, 0.4) is 0 Å². The maximum absolute atomic E-state index is 12.6. The molecule has 1 aromatic heterocycles. The highest BCUT2D eigenvalue weighted by molar-refractivity contribution is 5.73. The van der Waals surface area contributed by atoms with E-state index in [9.17, 15) is 23.5 Å². The summed E-state index contributed by atoms with van der Waals surface area (Å²) < 4.78 is 26.7. The summed E-state index contributed by atoms with van der Waals surface area (Å²) in [6, 6.07) is 0.905. The fourth-order valence-corrected chi connectivity index (χ4v) is 4.39. The molecule has 0 radical (unpaired) electrons. The second-order valence-electron chi connectivity index (χ2n) is 8.45. The van der Waals surface area contributed by atoms with Gasteiger partial charge in [0.2, 0.25) is 5.91 Å². The van der Waals surface area contributed by atoms with Crippen molar-refractivity contribution in [3.8, 4) is 0 Å². The molecule has 2 aliphatic heterocycles. The Kier molecular flexibility index (Phi) is 7.00. The summed E-state index contributed by atoms with van der Waals surface area (Å²) in [6.07, 6.45) is 2.69. The van der Waals surface area contributed by atoms with Crippen molar-refractivity contribution < 1.29 is 18.7 Å². The van der Waals surface area contributed by atoms with Gasteiger partial charge >= 0.3 is 0 Å². The first kappa shape index (κ1) is 21.8. The molecule has 29 heavy (non-hydrogen) atoms. The molecule has 9 heteroatoms. The van der Waals surface area contributed by atoms with Crippen molar-refractivity contribution in [1.29, 1.82) is 0 Å². The number of carbonyl (C=O) groups is 1. The fourth-order valence-electron chi connectivity index (χ4n) is 4.39. The predicted octanol–water partition coefficient (Wildman–Crippen LogP) is 1.66. The molecule has 1 unspecified atom stereocenters. The summed E-state index contributed by atoms with van der Waals surface area (Å²) in [6.45, 7) is 5.21. The average molecular weight is 412 g/mol. The number of likely N-dealkylation sites (tertiary alicyclic amines) is 2. The standard InChI is InChI=1S/C20H30F2N4O3/c1-15(27)25-7-3-2-6-20(29,13-25)12-24-8-4-16(5-9-24)11-26-14-23-17(19(21)22)10-18(26)28/h10,14,16,19,29H,2-9,11-13H2,1H3. The second-order valence-corrected chi connectivity index (χ2v) is 8.45. The van der Waals surface area contributed by atoms with Crippen LogP contribution in [-0.2, 0) is 11.3 Å². The highest BCUT2D eigenvalue weighted by atomic mass is 19.3. The van der Waals surface area contributed by atoms with E-state index in [4.69, 9.17) is 0 Å². The second kappa shape index (κ2) is 9.30. The molecule has 7 nitrogen and oxygen atoms in total. The molecule has 2 fully saturated rings. The van der Waals surface area contributed by atoms with Crippen molar-refractivity contribution in [2.75, 3.05) is 32.7 Å². The van der Waals surface area contributed by atoms with E-state index in [1.54, 1.807) is 11.8 Å². The van der Waals surface area contributed by atoms with Crippen molar-refractivity contribution in [1.82, 2.24) is 19.4 Å². The highest BCUT2D eigenvalue weighted by Crippen LogP contribution is 2.25. The number of aliphatic hydroxyl groups is 1. The van der Waals surface area contributed by atoms with Crippen molar-refractivity contribution in [3.05, 3.63) is 28.4 Å². The van der Waals surface area contributed by atoms with Crippen LogP contribution in [0.2, 0.25) is 0 Å². The molecule has 0 spiro atoms. The number of hydrogen-bond acceptors (Lipinski definition) is 5. The first-order valence-electron chi connectivity index (χ1n) is 10.3. The molecule has 1 aromatic rings. The van der Waals surface area contributed by atoms with Crippen LogP contribution in [0.5, 0.6) is 0 Å². The molecule has 0 aliphatic carbocycles. The van der Waals surface area contributed by atoms with Crippen molar-refractivity contribution >= 4 is 5.91 Å². The molecule has 1 N–H and O–H groups in total. The lowest BCUT2D eigenvalue weighted by atomic mass is 9.92. The zero-order chi connectivity index (χ0) is 21.0. The maximum atomic E-state index is 12.6. The quantitative estimate of drug-likeness (QED) is 0.796. The number of piperidine rings is 1. The number of amides is 1. The molecule has 1 atom stereocenters. The van der Waals surface area contributed by atoms with E-state index in [-0.39, 0.29) is 11.8 Å². The number of aromatic nitrogens is 2. The van der Waals surface area contributed by atoms with Gasteiger partial charge in [-0.05, 0) is 51.1 Å². The highest BCUT2D eigenvalue weighted by Gasteiger charge is 2.35. The molecule has 2 aliphatic rings. The number of halogens is 2. The van der Waals surface area contributed by atoms with Crippen LogP contribution in [0.1, 0.15) is 51.1 Å². The summed E-state index contributed by atoms with van der Waals surface area (Å²) in [5, 5.41) is 11.1. The van der Waals surface area contributed by atoms with Gasteiger partial charge < -0.3 is 14.9 Å². The third kappa shape index (κ3) is 5.82. The maximum Gasteiger partial charge on any atom is 0.280 e. The lowest BCUT2D eigenvalue weighted by molar-refractivity contribution is -0.132. The van der Waals surface area contributed by atoms with E-state index >= 15 is 0 Å². The molecule has 2 saturated heterocycles. The number of alkyl halides is 2.